The van der Waals surface area contributed by atoms with Crippen LogP contribution >= 0.6 is 0 Å². The molecule has 1 saturated heterocycles. The molecule has 144 valence electrons. The lowest BCUT2D eigenvalue weighted by molar-refractivity contribution is 0.0792. The average Bonchev–Trinajstić information content (AvgIpc) is 2.71. The smallest absolute Gasteiger partial charge is 0.259 e. The van der Waals surface area contributed by atoms with E-state index < -0.39 is 11.7 Å². The molecule has 4 rings (SSSR count). The van der Waals surface area contributed by atoms with Crippen molar-refractivity contribution < 1.29 is 14.3 Å². The second-order valence-corrected chi connectivity index (χ2v) is 7.18. The van der Waals surface area contributed by atoms with E-state index in [0.717, 1.165) is 43.4 Å². The molecule has 0 spiro atoms. The fourth-order valence-electron chi connectivity index (χ4n) is 3.59. The number of pyridine rings is 1. The zero-order valence-corrected chi connectivity index (χ0v) is 15.4. The van der Waals surface area contributed by atoms with Crippen molar-refractivity contribution in [2.45, 2.75) is 25.5 Å². The van der Waals surface area contributed by atoms with E-state index in [0.29, 0.717) is 11.1 Å². The Hall–Kier alpha value is -2.83. The minimum atomic E-state index is -0.568. The van der Waals surface area contributed by atoms with Crippen LogP contribution in [-0.4, -0.2) is 40.1 Å². The van der Waals surface area contributed by atoms with Crippen molar-refractivity contribution >= 4 is 22.4 Å². The summed E-state index contributed by atoms with van der Waals surface area (Å²) in [5, 5.41) is 13.6. The molecular weight excluding hydrogens is 357 g/mol. The van der Waals surface area contributed by atoms with Gasteiger partial charge in [-0.2, -0.15) is 0 Å². The van der Waals surface area contributed by atoms with Gasteiger partial charge in [0, 0.05) is 43.1 Å². The van der Waals surface area contributed by atoms with Crippen molar-refractivity contribution in [3.8, 4) is 0 Å². The molecule has 28 heavy (non-hydrogen) atoms. The molecule has 0 atom stereocenters. The molecule has 1 aliphatic rings. The molecule has 0 bridgehead atoms. The molecule has 2 heterocycles. The molecule has 2 N–H and O–H groups in total. The predicted molar refractivity (Wildman–Crippen MR) is 107 cm³/mol. The van der Waals surface area contributed by atoms with E-state index in [2.05, 4.69) is 15.2 Å². The first kappa shape index (κ1) is 18.5. The van der Waals surface area contributed by atoms with Crippen LogP contribution in [0.2, 0.25) is 0 Å². The number of carbonyl (C=O) groups is 1. The number of aliphatic hydroxyl groups excluding tert-OH is 1. The first-order valence-corrected chi connectivity index (χ1v) is 9.43. The van der Waals surface area contributed by atoms with Gasteiger partial charge in [0.1, 0.15) is 5.82 Å². The summed E-state index contributed by atoms with van der Waals surface area (Å²) in [6.07, 6.45) is 4.55. The van der Waals surface area contributed by atoms with Crippen LogP contribution in [0.3, 0.4) is 0 Å². The first-order chi connectivity index (χ1) is 13.6. The number of hydrogen-bond acceptors (Lipinski definition) is 4. The fraction of sp³-hybridized carbons (Fsp3) is 0.273. The molecule has 5 nitrogen and oxygen atoms in total. The first-order valence-electron chi connectivity index (χ1n) is 9.43. The van der Waals surface area contributed by atoms with Gasteiger partial charge in [0.15, 0.2) is 0 Å². The Kier molecular flexibility index (Phi) is 5.32. The summed E-state index contributed by atoms with van der Waals surface area (Å²) in [6, 6.07) is 12.3. The number of nitrogens with zero attached hydrogens (tertiary/aromatic N) is 2. The van der Waals surface area contributed by atoms with Crippen LogP contribution in [0, 0.1) is 5.82 Å². The fourth-order valence-corrected chi connectivity index (χ4v) is 3.59. The van der Waals surface area contributed by atoms with E-state index in [-0.39, 0.29) is 11.7 Å². The van der Waals surface area contributed by atoms with Crippen molar-refractivity contribution in [1.82, 2.24) is 9.88 Å². The highest BCUT2D eigenvalue weighted by Gasteiger charge is 2.18. The summed E-state index contributed by atoms with van der Waals surface area (Å²) in [6.45, 7) is 2.58. The number of nitrogens with one attached hydrogen (secondary N) is 1. The normalized spacial score (nSPS) is 15.6. The largest absolute Gasteiger partial charge is 0.393 e. The van der Waals surface area contributed by atoms with Gasteiger partial charge in [-0.05, 0) is 48.1 Å². The Morgan fingerprint density at radius 3 is 2.64 bits per heavy atom. The summed E-state index contributed by atoms with van der Waals surface area (Å²) < 4.78 is 14.3. The standard InChI is InChI=1S/C22H22FN3O2/c23-20-6-3-16-7-10-24-13-19(16)21(20)22(28)25-17-4-1-15(2-5-17)14-26-11-8-18(27)9-12-26/h1-7,10,13,18,27H,8-9,11-12,14H2,(H,25,28). The molecule has 0 unspecified atom stereocenters. The Balaban J connectivity index is 1.46. The van der Waals surface area contributed by atoms with Gasteiger partial charge in [-0.3, -0.25) is 14.7 Å². The Bertz CT molecular complexity index is 983. The molecule has 3 aromatic rings. The van der Waals surface area contributed by atoms with E-state index in [1.807, 2.05) is 24.3 Å². The quantitative estimate of drug-likeness (QED) is 0.727. The number of fused-ring (bicyclic) bond motifs is 1. The number of likely N-dealkylation sites (tertiary alicyclic amines) is 1. The molecule has 0 radical (unpaired) electrons. The Morgan fingerprint density at radius 2 is 1.89 bits per heavy atom. The monoisotopic (exact) mass is 379 g/mol. The predicted octanol–water partition coefficient (Wildman–Crippen LogP) is 3.58. The van der Waals surface area contributed by atoms with Gasteiger partial charge < -0.3 is 10.4 Å². The van der Waals surface area contributed by atoms with Crippen LogP contribution in [0.25, 0.3) is 10.8 Å². The molecule has 2 aromatic carbocycles. The van der Waals surface area contributed by atoms with Gasteiger partial charge in [0.25, 0.3) is 5.91 Å². The lowest BCUT2D eigenvalue weighted by atomic mass is 10.1. The molecule has 1 aromatic heterocycles. The van der Waals surface area contributed by atoms with Crippen LogP contribution in [0.1, 0.15) is 28.8 Å². The van der Waals surface area contributed by atoms with E-state index in [1.165, 1.54) is 12.3 Å². The van der Waals surface area contributed by atoms with Crippen molar-refractivity contribution in [3.63, 3.8) is 0 Å². The second-order valence-electron chi connectivity index (χ2n) is 7.18. The van der Waals surface area contributed by atoms with Crippen molar-refractivity contribution in [2.75, 3.05) is 18.4 Å². The number of benzene rings is 2. The number of amides is 1. The van der Waals surface area contributed by atoms with Crippen molar-refractivity contribution in [2.24, 2.45) is 0 Å². The van der Waals surface area contributed by atoms with Gasteiger partial charge in [0.2, 0.25) is 0 Å². The average molecular weight is 379 g/mol. The maximum Gasteiger partial charge on any atom is 0.259 e. The lowest BCUT2D eigenvalue weighted by Crippen LogP contribution is -2.35. The van der Waals surface area contributed by atoms with Crippen LogP contribution in [0.15, 0.2) is 54.9 Å². The third-order valence-electron chi connectivity index (χ3n) is 5.17. The summed E-state index contributed by atoms with van der Waals surface area (Å²) in [7, 11) is 0. The van der Waals surface area contributed by atoms with Gasteiger partial charge in [0.05, 0.1) is 11.7 Å². The summed E-state index contributed by atoms with van der Waals surface area (Å²) in [5.41, 5.74) is 1.75. The van der Waals surface area contributed by atoms with Crippen LogP contribution in [0.5, 0.6) is 0 Å². The molecule has 1 amide bonds. The highest BCUT2D eigenvalue weighted by atomic mass is 19.1. The molecule has 1 aliphatic heterocycles. The van der Waals surface area contributed by atoms with Crippen LogP contribution in [0.4, 0.5) is 10.1 Å². The highest BCUT2D eigenvalue weighted by molar-refractivity contribution is 6.12. The van der Waals surface area contributed by atoms with E-state index in [9.17, 15) is 14.3 Å². The minimum Gasteiger partial charge on any atom is -0.393 e. The molecule has 0 saturated carbocycles. The zero-order chi connectivity index (χ0) is 19.5. The Morgan fingerprint density at radius 1 is 1.14 bits per heavy atom. The lowest BCUT2D eigenvalue weighted by Gasteiger charge is -2.29. The summed E-state index contributed by atoms with van der Waals surface area (Å²) >= 11 is 0. The maximum absolute atomic E-state index is 14.3. The number of anilines is 1. The van der Waals surface area contributed by atoms with E-state index in [4.69, 9.17) is 0 Å². The van der Waals surface area contributed by atoms with E-state index in [1.54, 1.807) is 18.3 Å². The molecule has 1 fully saturated rings. The number of aromatic nitrogens is 1. The zero-order valence-electron chi connectivity index (χ0n) is 15.4. The summed E-state index contributed by atoms with van der Waals surface area (Å²) in [5.74, 6) is -1.06. The number of rotatable bonds is 4. The van der Waals surface area contributed by atoms with Crippen LogP contribution < -0.4 is 5.32 Å². The third kappa shape index (κ3) is 4.03. The highest BCUT2D eigenvalue weighted by Crippen LogP contribution is 2.22. The minimum absolute atomic E-state index is 0.00144. The SMILES string of the molecule is O=C(Nc1ccc(CN2CCC(O)CC2)cc1)c1c(F)ccc2ccncc12. The van der Waals surface area contributed by atoms with Crippen molar-refractivity contribution in [3.05, 3.63) is 71.8 Å². The Labute approximate surface area is 162 Å². The molecule has 6 heteroatoms. The number of piperidine rings is 1. The van der Waals surface area contributed by atoms with E-state index >= 15 is 0 Å². The number of halogens is 1. The van der Waals surface area contributed by atoms with Gasteiger partial charge in [-0.15, -0.1) is 0 Å². The van der Waals surface area contributed by atoms with Gasteiger partial charge >= 0.3 is 0 Å². The number of carbonyl (C=O) groups excluding carboxylic acids is 1. The second kappa shape index (κ2) is 8.04. The van der Waals surface area contributed by atoms with Gasteiger partial charge in [-0.25, -0.2) is 4.39 Å². The summed E-state index contributed by atoms with van der Waals surface area (Å²) in [4.78, 5) is 19.0. The van der Waals surface area contributed by atoms with Crippen molar-refractivity contribution in [1.29, 1.82) is 0 Å². The number of hydrogen-bond donors (Lipinski definition) is 2. The maximum atomic E-state index is 14.3. The van der Waals surface area contributed by atoms with Gasteiger partial charge in [-0.1, -0.05) is 18.2 Å². The number of aliphatic hydroxyl groups is 1. The van der Waals surface area contributed by atoms with Crippen LogP contribution in [-0.2, 0) is 6.54 Å². The topological polar surface area (TPSA) is 65.5 Å². The third-order valence-corrected chi connectivity index (χ3v) is 5.17. The molecule has 0 aliphatic carbocycles. The molecular formula is C22H22FN3O2.